The number of hydrogen-bond donors (Lipinski definition) is 3. The van der Waals surface area contributed by atoms with Gasteiger partial charge in [-0.25, -0.2) is 4.79 Å². The van der Waals surface area contributed by atoms with Crippen LogP contribution >= 0.6 is 0 Å². The van der Waals surface area contributed by atoms with Crippen molar-refractivity contribution in [2.75, 3.05) is 6.61 Å². The van der Waals surface area contributed by atoms with Crippen LogP contribution in [0.2, 0.25) is 0 Å². The van der Waals surface area contributed by atoms with Crippen molar-refractivity contribution in [1.29, 1.82) is 0 Å². The summed E-state index contributed by atoms with van der Waals surface area (Å²) < 4.78 is 5.64. The van der Waals surface area contributed by atoms with Crippen molar-refractivity contribution in [2.45, 2.75) is 76.8 Å². The molecule has 2 atom stereocenters. The zero-order valence-electron chi connectivity index (χ0n) is 20.6. The van der Waals surface area contributed by atoms with Crippen molar-refractivity contribution in [3.63, 3.8) is 0 Å². The number of fused-ring (bicyclic) bond motifs is 3. The maximum atomic E-state index is 12.7. The van der Waals surface area contributed by atoms with Crippen molar-refractivity contribution < 1.29 is 24.2 Å². The van der Waals surface area contributed by atoms with E-state index in [-0.39, 0.29) is 37.3 Å². The van der Waals surface area contributed by atoms with Crippen molar-refractivity contribution in [3.05, 3.63) is 59.7 Å². The van der Waals surface area contributed by atoms with Gasteiger partial charge in [0.2, 0.25) is 5.91 Å². The molecule has 3 N–H and O–H groups in total. The zero-order chi connectivity index (χ0) is 25.2. The molecular weight excluding hydrogens is 444 g/mol. The lowest BCUT2D eigenvalue weighted by molar-refractivity contribution is -0.137. The second kappa shape index (κ2) is 12.9. The molecule has 0 bridgehead atoms. The Morgan fingerprint density at radius 1 is 0.857 bits per heavy atom. The standard InChI is InChI=1S/C28H36N2O5/c1-3-5-11-20(16-26(31)29-19(10-4-2)17-27(32)33)30-28(34)35-18-25-23-14-8-6-12-21(23)22-13-7-9-15-24(22)25/h6-9,12-15,19-20,25H,3-5,10-11,16-18H2,1-2H3,(H,29,31)(H,30,34)(H,32,33)/t19-,20?/m1/s1. The lowest BCUT2D eigenvalue weighted by Gasteiger charge is -2.21. The van der Waals surface area contributed by atoms with Crippen LogP contribution in [0.4, 0.5) is 4.79 Å². The summed E-state index contributed by atoms with van der Waals surface area (Å²) in [4.78, 5) is 36.4. The van der Waals surface area contributed by atoms with Gasteiger partial charge in [0.05, 0.1) is 6.42 Å². The average Bonchev–Trinajstić information content (AvgIpc) is 3.14. The number of carboxylic acid groups (broad SMARTS) is 1. The predicted octanol–water partition coefficient (Wildman–Crippen LogP) is 5.23. The van der Waals surface area contributed by atoms with Gasteiger partial charge in [-0.3, -0.25) is 9.59 Å². The molecule has 7 heteroatoms. The number of alkyl carbamates (subject to hydrolysis) is 1. The van der Waals surface area contributed by atoms with Crippen LogP contribution in [-0.2, 0) is 14.3 Å². The van der Waals surface area contributed by atoms with E-state index in [1.165, 1.54) is 0 Å². The SMILES string of the molecule is CCCCC(CC(=O)N[C@H](CCC)CC(=O)O)NC(=O)OCC1c2ccccc2-c2ccccc21. The monoisotopic (exact) mass is 480 g/mol. The minimum Gasteiger partial charge on any atom is -0.481 e. The van der Waals surface area contributed by atoms with E-state index in [4.69, 9.17) is 9.84 Å². The first-order chi connectivity index (χ1) is 16.9. The summed E-state index contributed by atoms with van der Waals surface area (Å²) in [5, 5.41) is 14.8. The van der Waals surface area contributed by atoms with Gasteiger partial charge in [0.1, 0.15) is 6.61 Å². The van der Waals surface area contributed by atoms with Crippen LogP contribution in [0.1, 0.15) is 75.8 Å². The van der Waals surface area contributed by atoms with Crippen LogP contribution in [0, 0.1) is 0 Å². The number of hydrogen-bond acceptors (Lipinski definition) is 4. The first kappa shape index (κ1) is 26.3. The highest BCUT2D eigenvalue weighted by molar-refractivity contribution is 5.80. The van der Waals surface area contributed by atoms with Gasteiger partial charge in [-0.15, -0.1) is 0 Å². The highest BCUT2D eigenvalue weighted by Crippen LogP contribution is 2.44. The van der Waals surface area contributed by atoms with Gasteiger partial charge < -0.3 is 20.5 Å². The lowest BCUT2D eigenvalue weighted by Crippen LogP contribution is -2.43. The van der Waals surface area contributed by atoms with Gasteiger partial charge in [-0.2, -0.15) is 0 Å². The molecule has 1 aliphatic carbocycles. The van der Waals surface area contributed by atoms with E-state index in [1.54, 1.807) is 0 Å². The number of benzene rings is 2. The quantitative estimate of drug-likeness (QED) is 0.364. The van der Waals surface area contributed by atoms with Gasteiger partial charge in [-0.05, 0) is 35.1 Å². The fraction of sp³-hybridized carbons (Fsp3) is 0.464. The number of rotatable bonds is 13. The maximum Gasteiger partial charge on any atom is 0.407 e. The number of aliphatic carboxylic acids is 1. The first-order valence-electron chi connectivity index (χ1n) is 12.6. The average molecular weight is 481 g/mol. The van der Waals surface area contributed by atoms with Crippen LogP contribution < -0.4 is 10.6 Å². The fourth-order valence-corrected chi connectivity index (χ4v) is 4.78. The van der Waals surface area contributed by atoms with Gasteiger partial charge in [-0.1, -0.05) is 81.6 Å². The molecule has 7 nitrogen and oxygen atoms in total. The Kier molecular flexibility index (Phi) is 9.70. The van der Waals surface area contributed by atoms with Gasteiger partial charge in [0.25, 0.3) is 0 Å². The smallest absolute Gasteiger partial charge is 0.407 e. The summed E-state index contributed by atoms with van der Waals surface area (Å²) >= 11 is 0. The van der Waals surface area contributed by atoms with Crippen LogP contribution in [0.25, 0.3) is 11.1 Å². The van der Waals surface area contributed by atoms with Crippen LogP contribution in [0.3, 0.4) is 0 Å². The number of carboxylic acids is 1. The summed E-state index contributed by atoms with van der Waals surface area (Å²) in [6.07, 6.45) is 3.23. The topological polar surface area (TPSA) is 105 Å². The summed E-state index contributed by atoms with van der Waals surface area (Å²) in [6, 6.07) is 15.5. The summed E-state index contributed by atoms with van der Waals surface area (Å²) in [5.74, 6) is -1.23. The Bertz CT molecular complexity index is 976. The van der Waals surface area contributed by atoms with Crippen LogP contribution in [0.15, 0.2) is 48.5 Å². The number of nitrogens with one attached hydrogen (secondary N) is 2. The number of carbonyl (C=O) groups excluding carboxylic acids is 2. The summed E-state index contributed by atoms with van der Waals surface area (Å²) in [5.41, 5.74) is 4.61. The van der Waals surface area contributed by atoms with Crippen molar-refractivity contribution in [2.24, 2.45) is 0 Å². The minimum absolute atomic E-state index is 0.0311. The second-order valence-corrected chi connectivity index (χ2v) is 9.16. The van der Waals surface area contributed by atoms with Gasteiger partial charge >= 0.3 is 12.1 Å². The van der Waals surface area contributed by atoms with Crippen LogP contribution in [-0.4, -0.2) is 41.8 Å². The Labute approximate surface area is 207 Å². The molecule has 35 heavy (non-hydrogen) atoms. The van der Waals surface area contributed by atoms with E-state index in [0.717, 1.165) is 41.5 Å². The molecule has 0 saturated carbocycles. The molecule has 188 valence electrons. The van der Waals surface area contributed by atoms with Gasteiger partial charge in [0, 0.05) is 24.4 Å². The summed E-state index contributed by atoms with van der Waals surface area (Å²) in [7, 11) is 0. The molecule has 0 aromatic heterocycles. The molecule has 3 rings (SSSR count). The number of ether oxygens (including phenoxy) is 1. The normalized spacial score (nSPS) is 13.9. The largest absolute Gasteiger partial charge is 0.481 e. The van der Waals surface area contributed by atoms with E-state index < -0.39 is 18.1 Å². The van der Waals surface area contributed by atoms with Crippen molar-refractivity contribution >= 4 is 18.0 Å². The van der Waals surface area contributed by atoms with E-state index >= 15 is 0 Å². The summed E-state index contributed by atoms with van der Waals surface area (Å²) in [6.45, 7) is 4.21. The Balaban J connectivity index is 1.59. The molecule has 2 amide bonds. The molecule has 0 spiro atoms. The third-order valence-electron chi connectivity index (χ3n) is 6.43. The molecule has 1 unspecified atom stereocenters. The van der Waals surface area contributed by atoms with E-state index in [0.29, 0.717) is 12.8 Å². The Morgan fingerprint density at radius 2 is 1.46 bits per heavy atom. The molecule has 0 heterocycles. The van der Waals surface area contributed by atoms with Crippen molar-refractivity contribution in [3.8, 4) is 11.1 Å². The zero-order valence-corrected chi connectivity index (χ0v) is 20.6. The lowest BCUT2D eigenvalue weighted by atomic mass is 9.98. The number of amides is 2. The van der Waals surface area contributed by atoms with Crippen LogP contribution in [0.5, 0.6) is 0 Å². The Morgan fingerprint density at radius 3 is 2.03 bits per heavy atom. The second-order valence-electron chi connectivity index (χ2n) is 9.16. The maximum absolute atomic E-state index is 12.7. The highest BCUT2D eigenvalue weighted by Gasteiger charge is 2.29. The molecule has 0 aliphatic heterocycles. The molecule has 0 saturated heterocycles. The third kappa shape index (κ3) is 7.31. The molecular formula is C28H36N2O5. The molecule has 1 aliphatic rings. The highest BCUT2D eigenvalue weighted by atomic mass is 16.5. The third-order valence-corrected chi connectivity index (χ3v) is 6.43. The predicted molar refractivity (Wildman–Crippen MR) is 135 cm³/mol. The number of unbranched alkanes of at least 4 members (excludes halogenated alkanes) is 1. The first-order valence-corrected chi connectivity index (χ1v) is 12.6. The molecule has 0 radical (unpaired) electrons. The molecule has 2 aromatic carbocycles. The number of carbonyl (C=O) groups is 3. The minimum atomic E-state index is -0.942. The van der Waals surface area contributed by atoms with E-state index in [1.807, 2.05) is 31.2 Å². The van der Waals surface area contributed by atoms with E-state index in [9.17, 15) is 14.4 Å². The molecule has 2 aromatic rings. The van der Waals surface area contributed by atoms with Crippen molar-refractivity contribution in [1.82, 2.24) is 10.6 Å². The Hall–Kier alpha value is -3.35. The fourth-order valence-electron chi connectivity index (χ4n) is 4.78. The van der Waals surface area contributed by atoms with Gasteiger partial charge in [0.15, 0.2) is 0 Å². The molecule has 0 fully saturated rings. The van der Waals surface area contributed by atoms with E-state index in [2.05, 4.69) is 41.8 Å².